The molecule has 1 unspecified atom stereocenters. The van der Waals surface area contributed by atoms with Gasteiger partial charge in [-0.2, -0.15) is 0 Å². The number of aromatic nitrogens is 2. The number of aryl methyl sites for hydroxylation is 2. The molecular formula is C18H24N4O2. The molecule has 2 aromatic rings. The zero-order valence-electron chi connectivity index (χ0n) is 14.6. The van der Waals surface area contributed by atoms with Crippen molar-refractivity contribution >= 4 is 5.91 Å². The lowest BCUT2D eigenvalue weighted by Crippen LogP contribution is -2.38. The Labute approximate surface area is 141 Å². The minimum absolute atomic E-state index is 0.0628. The Morgan fingerprint density at radius 2 is 2.04 bits per heavy atom. The Hall–Kier alpha value is -2.47. The van der Waals surface area contributed by atoms with Crippen LogP contribution in [0.5, 0.6) is 0 Å². The van der Waals surface area contributed by atoms with Gasteiger partial charge < -0.3 is 10.3 Å². The molecule has 0 saturated heterocycles. The third-order valence-corrected chi connectivity index (χ3v) is 3.72. The molecule has 0 aliphatic heterocycles. The molecule has 6 nitrogen and oxygen atoms in total. The van der Waals surface area contributed by atoms with E-state index in [1.807, 2.05) is 50.2 Å². The largest absolute Gasteiger partial charge is 0.354 e. The van der Waals surface area contributed by atoms with Gasteiger partial charge in [-0.3, -0.25) is 14.5 Å². The number of rotatable bonds is 6. The van der Waals surface area contributed by atoms with E-state index in [2.05, 4.69) is 15.3 Å². The van der Waals surface area contributed by atoms with Crippen molar-refractivity contribution in [2.45, 2.75) is 26.3 Å². The fraction of sp³-hybridized carbons (Fsp3) is 0.389. The fourth-order valence-electron chi connectivity index (χ4n) is 2.70. The van der Waals surface area contributed by atoms with Crippen LogP contribution < -0.4 is 10.9 Å². The molecule has 128 valence electrons. The van der Waals surface area contributed by atoms with E-state index in [-0.39, 0.29) is 17.5 Å². The second kappa shape index (κ2) is 7.88. The standard InChI is InChI=1S/C18H24N4O2/c1-12-6-5-7-14(10-12)17(22(3)4)18(24)19-9-8-15-11-16(23)21-13(2)20-15/h5-7,10-11,17H,8-9H2,1-4H3,(H,19,24)(H,20,21,23). The summed E-state index contributed by atoms with van der Waals surface area (Å²) in [5.41, 5.74) is 2.58. The molecule has 1 amide bonds. The van der Waals surface area contributed by atoms with E-state index in [9.17, 15) is 9.59 Å². The molecule has 0 bridgehead atoms. The second-order valence-electron chi connectivity index (χ2n) is 6.14. The third kappa shape index (κ3) is 4.76. The highest BCUT2D eigenvalue weighted by Crippen LogP contribution is 2.19. The van der Waals surface area contributed by atoms with Gasteiger partial charge in [0.25, 0.3) is 5.56 Å². The number of likely N-dealkylation sites (N-methyl/N-ethyl adjacent to an activating group) is 1. The summed E-state index contributed by atoms with van der Waals surface area (Å²) in [5.74, 6) is 0.516. The van der Waals surface area contributed by atoms with Crippen LogP contribution in [0, 0.1) is 13.8 Å². The minimum atomic E-state index is -0.348. The van der Waals surface area contributed by atoms with Crippen LogP contribution in [0.1, 0.15) is 28.7 Å². The fourth-order valence-corrected chi connectivity index (χ4v) is 2.70. The van der Waals surface area contributed by atoms with Crippen LogP contribution in [0.15, 0.2) is 35.1 Å². The molecule has 1 aromatic heterocycles. The molecule has 1 aromatic carbocycles. The lowest BCUT2D eigenvalue weighted by molar-refractivity contribution is -0.125. The first-order chi connectivity index (χ1) is 11.4. The summed E-state index contributed by atoms with van der Waals surface area (Å²) in [6.07, 6.45) is 0.518. The molecule has 2 N–H and O–H groups in total. The zero-order chi connectivity index (χ0) is 17.7. The van der Waals surface area contributed by atoms with E-state index in [1.165, 1.54) is 6.07 Å². The summed E-state index contributed by atoms with van der Waals surface area (Å²) in [4.78, 5) is 32.8. The maximum atomic E-state index is 12.6. The molecule has 1 atom stereocenters. The summed E-state index contributed by atoms with van der Waals surface area (Å²) in [6.45, 7) is 4.18. The maximum Gasteiger partial charge on any atom is 0.251 e. The van der Waals surface area contributed by atoms with Gasteiger partial charge >= 0.3 is 0 Å². The van der Waals surface area contributed by atoms with Crippen molar-refractivity contribution in [2.24, 2.45) is 0 Å². The van der Waals surface area contributed by atoms with Crippen LogP contribution in [-0.2, 0) is 11.2 Å². The van der Waals surface area contributed by atoms with Crippen molar-refractivity contribution in [1.29, 1.82) is 0 Å². The van der Waals surface area contributed by atoms with Crippen LogP contribution in [0.2, 0.25) is 0 Å². The van der Waals surface area contributed by atoms with Gasteiger partial charge in [-0.1, -0.05) is 29.8 Å². The number of aromatic amines is 1. The molecule has 0 aliphatic carbocycles. The lowest BCUT2D eigenvalue weighted by Gasteiger charge is -2.24. The summed E-state index contributed by atoms with van der Waals surface area (Å²) in [5, 5.41) is 2.94. The van der Waals surface area contributed by atoms with Gasteiger partial charge in [-0.15, -0.1) is 0 Å². The quantitative estimate of drug-likeness (QED) is 0.839. The Balaban J connectivity index is 2.02. The number of hydrogen-bond acceptors (Lipinski definition) is 4. The van der Waals surface area contributed by atoms with Crippen LogP contribution in [0.3, 0.4) is 0 Å². The number of benzene rings is 1. The second-order valence-corrected chi connectivity index (χ2v) is 6.14. The van der Waals surface area contributed by atoms with Crippen molar-refractivity contribution in [2.75, 3.05) is 20.6 Å². The van der Waals surface area contributed by atoms with Crippen molar-refractivity contribution in [3.8, 4) is 0 Å². The molecule has 6 heteroatoms. The van der Waals surface area contributed by atoms with Crippen LogP contribution >= 0.6 is 0 Å². The highest BCUT2D eigenvalue weighted by molar-refractivity contribution is 5.83. The predicted molar refractivity (Wildman–Crippen MR) is 93.9 cm³/mol. The first kappa shape index (κ1) is 17.9. The van der Waals surface area contributed by atoms with Gasteiger partial charge in [-0.25, -0.2) is 4.98 Å². The van der Waals surface area contributed by atoms with Gasteiger partial charge in [0, 0.05) is 24.7 Å². The highest BCUT2D eigenvalue weighted by atomic mass is 16.2. The molecule has 0 saturated carbocycles. The smallest absolute Gasteiger partial charge is 0.251 e. The van der Waals surface area contributed by atoms with E-state index in [0.717, 1.165) is 11.1 Å². The van der Waals surface area contributed by atoms with Gasteiger partial charge in [-0.05, 0) is 33.5 Å². The maximum absolute atomic E-state index is 12.6. The Kier molecular flexibility index (Phi) is 5.87. The van der Waals surface area contributed by atoms with Gasteiger partial charge in [0.15, 0.2) is 0 Å². The number of carbonyl (C=O) groups is 1. The summed E-state index contributed by atoms with van der Waals surface area (Å²) in [6, 6.07) is 9.05. The highest BCUT2D eigenvalue weighted by Gasteiger charge is 2.22. The Bertz CT molecular complexity index is 768. The van der Waals surface area contributed by atoms with E-state index < -0.39 is 0 Å². The molecule has 24 heavy (non-hydrogen) atoms. The van der Waals surface area contributed by atoms with Crippen molar-refractivity contribution < 1.29 is 4.79 Å². The molecule has 2 rings (SSSR count). The lowest BCUT2D eigenvalue weighted by atomic mass is 10.0. The monoisotopic (exact) mass is 328 g/mol. The number of amides is 1. The molecular weight excluding hydrogens is 304 g/mol. The molecule has 0 radical (unpaired) electrons. The van der Waals surface area contributed by atoms with Gasteiger partial charge in [0.2, 0.25) is 5.91 Å². The predicted octanol–water partition coefficient (Wildman–Crippen LogP) is 1.35. The minimum Gasteiger partial charge on any atom is -0.354 e. The van der Waals surface area contributed by atoms with Crippen molar-refractivity contribution in [3.63, 3.8) is 0 Å². The number of hydrogen-bond donors (Lipinski definition) is 2. The zero-order valence-corrected chi connectivity index (χ0v) is 14.6. The SMILES string of the molecule is Cc1cccc(C(C(=O)NCCc2cc(=O)[nH]c(C)n2)N(C)C)c1. The average Bonchev–Trinajstić information content (AvgIpc) is 2.46. The molecule has 0 spiro atoms. The molecule has 0 fully saturated rings. The Morgan fingerprint density at radius 3 is 2.67 bits per heavy atom. The Morgan fingerprint density at radius 1 is 1.29 bits per heavy atom. The summed E-state index contributed by atoms with van der Waals surface area (Å²) >= 11 is 0. The topological polar surface area (TPSA) is 78.1 Å². The average molecular weight is 328 g/mol. The first-order valence-electron chi connectivity index (χ1n) is 7.94. The van der Waals surface area contributed by atoms with Crippen LogP contribution in [0.25, 0.3) is 0 Å². The normalized spacial score (nSPS) is 12.2. The van der Waals surface area contributed by atoms with Gasteiger partial charge in [0.05, 0.1) is 0 Å². The number of nitrogens with one attached hydrogen (secondary N) is 2. The van der Waals surface area contributed by atoms with E-state index in [4.69, 9.17) is 0 Å². The third-order valence-electron chi connectivity index (χ3n) is 3.72. The summed E-state index contributed by atoms with van der Waals surface area (Å²) < 4.78 is 0. The number of carbonyl (C=O) groups excluding carboxylic acids is 1. The number of H-pyrrole nitrogens is 1. The summed E-state index contributed by atoms with van der Waals surface area (Å²) in [7, 11) is 3.77. The molecule has 0 aliphatic rings. The van der Waals surface area contributed by atoms with Crippen molar-refractivity contribution in [3.05, 3.63) is 63.3 Å². The first-order valence-corrected chi connectivity index (χ1v) is 7.94. The van der Waals surface area contributed by atoms with E-state index >= 15 is 0 Å². The number of nitrogens with zero attached hydrogens (tertiary/aromatic N) is 2. The van der Waals surface area contributed by atoms with Crippen LogP contribution in [0.4, 0.5) is 0 Å². The van der Waals surface area contributed by atoms with Crippen LogP contribution in [-0.4, -0.2) is 41.4 Å². The van der Waals surface area contributed by atoms with E-state index in [1.54, 1.807) is 6.92 Å². The molecule has 1 heterocycles. The van der Waals surface area contributed by atoms with Gasteiger partial charge in [0.1, 0.15) is 11.9 Å². The van der Waals surface area contributed by atoms with E-state index in [0.29, 0.717) is 24.5 Å². The van der Waals surface area contributed by atoms with Crippen molar-refractivity contribution in [1.82, 2.24) is 20.2 Å².